The molecule has 0 N–H and O–H groups in total. The second-order valence-electron chi connectivity index (χ2n) is 3.44. The van der Waals surface area contributed by atoms with E-state index in [1.807, 2.05) is 27.1 Å². The molecular formula is C10H11ClN4S. The van der Waals surface area contributed by atoms with E-state index in [1.54, 1.807) is 10.9 Å². The zero-order chi connectivity index (χ0) is 11.7. The lowest BCUT2D eigenvalue weighted by atomic mass is 10.4. The van der Waals surface area contributed by atoms with Crippen LogP contribution in [0.4, 0.5) is 0 Å². The number of aryl methyl sites for hydroxylation is 3. The highest BCUT2D eigenvalue weighted by atomic mass is 35.5. The Morgan fingerprint density at radius 3 is 2.56 bits per heavy atom. The standard InChI is InChI=1S/C10H11ClN4S/c1-6-7(2)14-10(9(11)13-6)16-8-4-12-15(3)5-8/h4-5H,1-3H3. The van der Waals surface area contributed by atoms with Gasteiger partial charge in [0.25, 0.3) is 0 Å². The highest BCUT2D eigenvalue weighted by Crippen LogP contribution is 2.30. The van der Waals surface area contributed by atoms with Gasteiger partial charge in [-0.1, -0.05) is 23.4 Å². The summed E-state index contributed by atoms with van der Waals surface area (Å²) < 4.78 is 1.74. The molecule has 0 bridgehead atoms. The molecule has 4 nitrogen and oxygen atoms in total. The second kappa shape index (κ2) is 4.43. The smallest absolute Gasteiger partial charge is 0.161 e. The van der Waals surface area contributed by atoms with Crippen molar-refractivity contribution in [3.63, 3.8) is 0 Å². The van der Waals surface area contributed by atoms with E-state index in [0.717, 1.165) is 21.3 Å². The van der Waals surface area contributed by atoms with Gasteiger partial charge in [0.1, 0.15) is 5.03 Å². The molecule has 84 valence electrons. The molecule has 0 radical (unpaired) electrons. The molecule has 0 saturated carbocycles. The summed E-state index contributed by atoms with van der Waals surface area (Å²) in [6, 6.07) is 0. The van der Waals surface area contributed by atoms with E-state index in [9.17, 15) is 0 Å². The van der Waals surface area contributed by atoms with Gasteiger partial charge in [0.2, 0.25) is 0 Å². The fraction of sp³-hybridized carbons (Fsp3) is 0.300. The largest absolute Gasteiger partial charge is 0.275 e. The topological polar surface area (TPSA) is 43.6 Å². The van der Waals surface area contributed by atoms with Crippen LogP contribution in [0.3, 0.4) is 0 Å². The molecule has 0 aliphatic heterocycles. The summed E-state index contributed by atoms with van der Waals surface area (Å²) in [6.07, 6.45) is 3.69. The van der Waals surface area contributed by atoms with Gasteiger partial charge in [-0.25, -0.2) is 9.97 Å². The minimum absolute atomic E-state index is 0.442. The Hall–Kier alpha value is -1.07. The van der Waals surface area contributed by atoms with Gasteiger partial charge >= 0.3 is 0 Å². The van der Waals surface area contributed by atoms with Crippen molar-refractivity contribution in [2.24, 2.45) is 7.05 Å². The third kappa shape index (κ3) is 2.36. The van der Waals surface area contributed by atoms with Crippen LogP contribution in [0, 0.1) is 13.8 Å². The first-order valence-corrected chi connectivity index (χ1v) is 5.93. The van der Waals surface area contributed by atoms with Gasteiger partial charge in [0, 0.05) is 13.2 Å². The van der Waals surface area contributed by atoms with Crippen molar-refractivity contribution in [2.75, 3.05) is 0 Å². The van der Waals surface area contributed by atoms with Crippen LogP contribution in [0.5, 0.6) is 0 Å². The molecular weight excluding hydrogens is 244 g/mol. The predicted molar refractivity (Wildman–Crippen MR) is 63.8 cm³/mol. The number of rotatable bonds is 2. The van der Waals surface area contributed by atoms with Gasteiger partial charge in [-0.05, 0) is 13.8 Å². The predicted octanol–water partition coefficient (Wildman–Crippen LogP) is 2.63. The van der Waals surface area contributed by atoms with E-state index >= 15 is 0 Å². The van der Waals surface area contributed by atoms with Crippen LogP contribution in [0.2, 0.25) is 5.15 Å². The molecule has 16 heavy (non-hydrogen) atoms. The maximum Gasteiger partial charge on any atom is 0.161 e. The average molecular weight is 255 g/mol. The fourth-order valence-electron chi connectivity index (χ4n) is 1.18. The number of halogens is 1. The molecule has 0 aliphatic carbocycles. The molecule has 0 aromatic carbocycles. The second-order valence-corrected chi connectivity index (χ2v) is 4.86. The Balaban J connectivity index is 2.31. The molecule has 0 aliphatic rings. The Morgan fingerprint density at radius 1 is 1.25 bits per heavy atom. The van der Waals surface area contributed by atoms with Crippen molar-refractivity contribution in [1.29, 1.82) is 0 Å². The maximum absolute atomic E-state index is 6.04. The molecule has 0 fully saturated rings. The molecule has 0 amide bonds. The third-order valence-corrected chi connectivity index (χ3v) is 3.43. The van der Waals surface area contributed by atoms with Crippen LogP contribution in [0.25, 0.3) is 0 Å². The lowest BCUT2D eigenvalue weighted by molar-refractivity contribution is 0.766. The maximum atomic E-state index is 6.04. The van der Waals surface area contributed by atoms with Crippen LogP contribution in [0.15, 0.2) is 22.3 Å². The average Bonchev–Trinajstić information content (AvgIpc) is 2.60. The van der Waals surface area contributed by atoms with Crippen LogP contribution >= 0.6 is 23.4 Å². The van der Waals surface area contributed by atoms with Gasteiger partial charge in [-0.15, -0.1) is 0 Å². The summed E-state index contributed by atoms with van der Waals surface area (Å²) in [5, 5.41) is 5.25. The minimum atomic E-state index is 0.442. The normalized spacial score (nSPS) is 10.8. The quantitative estimate of drug-likeness (QED) is 0.826. The van der Waals surface area contributed by atoms with Gasteiger partial charge < -0.3 is 0 Å². The Bertz CT molecular complexity index is 524. The Kier molecular flexibility index (Phi) is 3.16. The van der Waals surface area contributed by atoms with E-state index in [1.165, 1.54) is 11.8 Å². The number of aromatic nitrogens is 4. The molecule has 0 spiro atoms. The Morgan fingerprint density at radius 2 is 1.94 bits per heavy atom. The van der Waals surface area contributed by atoms with Crippen molar-refractivity contribution < 1.29 is 0 Å². The van der Waals surface area contributed by atoms with E-state index in [2.05, 4.69) is 15.1 Å². The molecule has 2 rings (SSSR count). The van der Waals surface area contributed by atoms with E-state index < -0.39 is 0 Å². The zero-order valence-corrected chi connectivity index (χ0v) is 10.8. The number of hydrogen-bond acceptors (Lipinski definition) is 4. The first-order chi connectivity index (χ1) is 7.56. The van der Waals surface area contributed by atoms with E-state index in [-0.39, 0.29) is 0 Å². The zero-order valence-electron chi connectivity index (χ0n) is 9.23. The van der Waals surface area contributed by atoms with Crippen molar-refractivity contribution in [3.8, 4) is 0 Å². The Labute approximate surface area is 103 Å². The highest BCUT2D eigenvalue weighted by Gasteiger charge is 2.09. The highest BCUT2D eigenvalue weighted by molar-refractivity contribution is 7.99. The summed E-state index contributed by atoms with van der Waals surface area (Å²) in [7, 11) is 1.87. The van der Waals surface area contributed by atoms with Gasteiger partial charge in [-0.2, -0.15) is 5.10 Å². The lowest BCUT2D eigenvalue weighted by Crippen LogP contribution is -1.94. The summed E-state index contributed by atoms with van der Waals surface area (Å²) in [4.78, 5) is 9.64. The van der Waals surface area contributed by atoms with Crippen LogP contribution in [-0.2, 0) is 7.05 Å². The first kappa shape index (κ1) is 11.4. The molecule has 2 aromatic heterocycles. The molecule has 6 heteroatoms. The first-order valence-electron chi connectivity index (χ1n) is 4.73. The summed E-state index contributed by atoms with van der Waals surface area (Å²) >= 11 is 7.51. The molecule has 2 aromatic rings. The number of nitrogens with zero attached hydrogens (tertiary/aromatic N) is 4. The van der Waals surface area contributed by atoms with E-state index in [0.29, 0.717) is 5.15 Å². The summed E-state index contributed by atoms with van der Waals surface area (Å²) in [5.74, 6) is 0. The molecule has 0 saturated heterocycles. The lowest BCUT2D eigenvalue weighted by Gasteiger charge is -2.04. The van der Waals surface area contributed by atoms with Gasteiger partial charge in [0.05, 0.1) is 22.5 Å². The van der Waals surface area contributed by atoms with Crippen molar-refractivity contribution in [1.82, 2.24) is 19.7 Å². The van der Waals surface area contributed by atoms with Gasteiger partial charge in [-0.3, -0.25) is 4.68 Å². The third-order valence-electron chi connectivity index (χ3n) is 2.13. The SMILES string of the molecule is Cc1nc(Cl)c(Sc2cnn(C)c2)nc1C. The molecule has 0 unspecified atom stereocenters. The van der Waals surface area contributed by atoms with Crippen LogP contribution in [0.1, 0.15) is 11.4 Å². The summed E-state index contributed by atoms with van der Waals surface area (Å²) in [5.41, 5.74) is 1.76. The van der Waals surface area contributed by atoms with Crippen LogP contribution in [-0.4, -0.2) is 19.7 Å². The summed E-state index contributed by atoms with van der Waals surface area (Å²) in [6.45, 7) is 3.82. The molecule has 0 atom stereocenters. The number of hydrogen-bond donors (Lipinski definition) is 0. The van der Waals surface area contributed by atoms with Crippen molar-refractivity contribution in [3.05, 3.63) is 28.9 Å². The van der Waals surface area contributed by atoms with Gasteiger partial charge in [0.15, 0.2) is 5.15 Å². The van der Waals surface area contributed by atoms with Crippen molar-refractivity contribution >= 4 is 23.4 Å². The van der Waals surface area contributed by atoms with Crippen LogP contribution < -0.4 is 0 Å². The molecule has 2 heterocycles. The van der Waals surface area contributed by atoms with E-state index in [4.69, 9.17) is 11.6 Å². The van der Waals surface area contributed by atoms with Crippen molar-refractivity contribution in [2.45, 2.75) is 23.8 Å². The minimum Gasteiger partial charge on any atom is -0.275 e. The fourth-order valence-corrected chi connectivity index (χ4v) is 2.31. The monoisotopic (exact) mass is 254 g/mol.